The molecule has 2 aliphatic rings. The van der Waals surface area contributed by atoms with Crippen LogP contribution in [-0.4, -0.2) is 51.4 Å². The highest BCUT2D eigenvalue weighted by Gasteiger charge is 2.49. The van der Waals surface area contributed by atoms with Crippen molar-refractivity contribution in [1.82, 2.24) is 10.2 Å². The maximum Gasteiger partial charge on any atom is 0.501 e. The molecule has 1 aromatic rings. The van der Waals surface area contributed by atoms with E-state index in [1.165, 1.54) is 28.5 Å². The highest BCUT2D eigenvalue weighted by Crippen LogP contribution is 2.28. The van der Waals surface area contributed by atoms with Gasteiger partial charge in [0.2, 0.25) is 0 Å². The van der Waals surface area contributed by atoms with Crippen LogP contribution in [0.25, 0.3) is 0 Å². The molecule has 0 fully saturated rings. The van der Waals surface area contributed by atoms with Crippen molar-refractivity contribution in [3.8, 4) is 0 Å². The van der Waals surface area contributed by atoms with E-state index in [1.54, 1.807) is 23.6 Å². The van der Waals surface area contributed by atoms with E-state index in [0.717, 1.165) is 11.3 Å². The van der Waals surface area contributed by atoms with Gasteiger partial charge in [0.05, 0.1) is 0 Å². The minimum absolute atomic E-state index is 0.165. The number of amides is 4. The molecule has 0 aromatic heterocycles. The Morgan fingerprint density at radius 3 is 2.85 bits per heavy atom. The summed E-state index contributed by atoms with van der Waals surface area (Å²) in [4.78, 5) is 38.7. The van der Waals surface area contributed by atoms with E-state index in [4.69, 9.17) is 0 Å². The first-order valence-corrected chi connectivity index (χ1v) is 9.29. The zero-order chi connectivity index (χ0) is 18.7. The van der Waals surface area contributed by atoms with Crippen LogP contribution >= 0.6 is 11.8 Å². The molecule has 2 aliphatic heterocycles. The zero-order valence-corrected chi connectivity index (χ0v) is 15.1. The van der Waals surface area contributed by atoms with Crippen molar-refractivity contribution < 1.29 is 23.3 Å². The number of rotatable bonds is 6. The number of halogens is 1. The zero-order valence-electron chi connectivity index (χ0n) is 14.3. The molecular weight excluding hydrogens is 357 g/mol. The van der Waals surface area contributed by atoms with Crippen LogP contribution in [0.5, 0.6) is 0 Å². The van der Waals surface area contributed by atoms with Gasteiger partial charge < -0.3 is 5.32 Å². The van der Waals surface area contributed by atoms with E-state index < -0.39 is 23.0 Å². The van der Waals surface area contributed by atoms with Crippen molar-refractivity contribution in [2.45, 2.75) is 25.1 Å². The Morgan fingerprint density at radius 1 is 1.35 bits per heavy atom. The molecule has 1 aromatic carbocycles. The van der Waals surface area contributed by atoms with Crippen molar-refractivity contribution in [3.05, 3.63) is 47.1 Å². The van der Waals surface area contributed by atoms with Crippen LogP contribution in [0.2, 0.25) is 0 Å². The predicted molar refractivity (Wildman–Crippen MR) is 96.3 cm³/mol. The van der Waals surface area contributed by atoms with E-state index in [0.29, 0.717) is 12.3 Å². The number of carbonyl (C=O) groups is 3. The maximum atomic E-state index is 14.0. The molecule has 2 heterocycles. The van der Waals surface area contributed by atoms with Crippen LogP contribution in [0, 0.1) is 5.82 Å². The smallest absolute Gasteiger partial charge is 0.353 e. The van der Waals surface area contributed by atoms with Gasteiger partial charge in [-0.1, -0.05) is 25.1 Å². The highest BCUT2D eigenvalue weighted by molar-refractivity contribution is 8.04. The molecule has 4 amide bonds. The SMILES string of the molecule is CCCNC(=O)C[N+]1=C2C=CSC2C(=O)N(Cc2ccccc2F)C1=O. The first kappa shape index (κ1) is 18.3. The number of benzene rings is 1. The second kappa shape index (κ2) is 7.82. The van der Waals surface area contributed by atoms with E-state index in [2.05, 4.69) is 5.32 Å². The Balaban J connectivity index is 1.88. The van der Waals surface area contributed by atoms with Crippen LogP contribution in [0.1, 0.15) is 18.9 Å². The molecule has 0 saturated carbocycles. The third-order valence-electron chi connectivity index (χ3n) is 4.15. The van der Waals surface area contributed by atoms with Gasteiger partial charge >= 0.3 is 11.9 Å². The van der Waals surface area contributed by atoms with Crippen molar-refractivity contribution in [3.63, 3.8) is 0 Å². The average molecular weight is 376 g/mol. The summed E-state index contributed by atoms with van der Waals surface area (Å²) in [5.74, 6) is -1.17. The van der Waals surface area contributed by atoms with Gasteiger partial charge in [-0.3, -0.25) is 4.79 Å². The van der Waals surface area contributed by atoms with Crippen LogP contribution in [0.4, 0.5) is 9.18 Å². The number of nitrogens with zero attached hydrogens (tertiary/aromatic N) is 2. The normalized spacial score (nSPS) is 19.2. The molecule has 0 radical (unpaired) electrons. The first-order valence-electron chi connectivity index (χ1n) is 8.34. The summed E-state index contributed by atoms with van der Waals surface area (Å²) >= 11 is 1.28. The van der Waals surface area contributed by atoms with Gasteiger partial charge in [0.15, 0.2) is 11.8 Å². The Labute approximate surface area is 154 Å². The molecule has 0 spiro atoms. The number of thioether (sulfide) groups is 1. The average Bonchev–Trinajstić information content (AvgIpc) is 3.12. The lowest BCUT2D eigenvalue weighted by Gasteiger charge is -2.24. The summed E-state index contributed by atoms with van der Waals surface area (Å²) in [6.07, 6.45) is 2.46. The summed E-state index contributed by atoms with van der Waals surface area (Å²) in [7, 11) is 0. The van der Waals surface area contributed by atoms with Crippen LogP contribution in [-0.2, 0) is 16.1 Å². The van der Waals surface area contributed by atoms with Gasteiger partial charge in [0, 0.05) is 12.1 Å². The number of fused-ring (bicyclic) bond motifs is 1. The lowest BCUT2D eigenvalue weighted by Crippen LogP contribution is -2.56. The lowest BCUT2D eigenvalue weighted by atomic mass is 10.1. The maximum absolute atomic E-state index is 14.0. The highest BCUT2D eigenvalue weighted by atomic mass is 32.2. The third kappa shape index (κ3) is 3.55. The molecule has 1 N–H and O–H groups in total. The number of hydrogen-bond acceptors (Lipinski definition) is 4. The number of urea groups is 1. The molecule has 0 bridgehead atoms. The molecule has 1 unspecified atom stereocenters. The molecule has 136 valence electrons. The quantitative estimate of drug-likeness (QED) is 0.770. The minimum Gasteiger partial charge on any atom is -0.353 e. The molecule has 8 heteroatoms. The van der Waals surface area contributed by atoms with Gasteiger partial charge in [-0.15, -0.1) is 11.8 Å². The summed E-state index contributed by atoms with van der Waals surface area (Å²) < 4.78 is 15.3. The van der Waals surface area contributed by atoms with E-state index in [-0.39, 0.29) is 24.6 Å². The molecule has 0 saturated heterocycles. The Bertz CT molecular complexity index is 822. The lowest BCUT2D eigenvalue weighted by molar-refractivity contribution is -0.427. The fourth-order valence-corrected chi connectivity index (χ4v) is 3.78. The van der Waals surface area contributed by atoms with E-state index >= 15 is 0 Å². The largest absolute Gasteiger partial charge is 0.501 e. The van der Waals surface area contributed by atoms with Crippen molar-refractivity contribution in [1.29, 1.82) is 0 Å². The Kier molecular flexibility index (Phi) is 5.51. The summed E-state index contributed by atoms with van der Waals surface area (Å²) in [6, 6.07) is 5.41. The summed E-state index contributed by atoms with van der Waals surface area (Å²) in [6.45, 7) is 2.11. The Hall–Kier alpha value is -2.48. The van der Waals surface area contributed by atoms with Crippen LogP contribution in [0.15, 0.2) is 35.7 Å². The van der Waals surface area contributed by atoms with Crippen molar-refractivity contribution in [2.75, 3.05) is 13.1 Å². The third-order valence-corrected chi connectivity index (χ3v) is 5.15. The standard InChI is InChI=1S/C18H18FN3O3S/c1-2-8-20-15(23)11-21-14-7-9-26-16(14)17(24)22(18(21)25)10-12-5-3-4-6-13(12)19/h3-7,9,16H,2,8,10-11H2,1H3/p+1. The van der Waals surface area contributed by atoms with Gasteiger partial charge in [0.1, 0.15) is 18.1 Å². The molecular formula is C18H19FN3O3S+. The molecule has 1 atom stereocenters. The minimum atomic E-state index is -0.608. The number of nitrogens with one attached hydrogen (secondary N) is 1. The molecule has 6 nitrogen and oxygen atoms in total. The second-order valence-electron chi connectivity index (χ2n) is 5.98. The monoisotopic (exact) mass is 376 g/mol. The molecule has 26 heavy (non-hydrogen) atoms. The predicted octanol–water partition coefficient (Wildman–Crippen LogP) is 1.90. The number of hydrogen-bond donors (Lipinski definition) is 1. The van der Waals surface area contributed by atoms with Crippen molar-refractivity contribution >= 4 is 35.3 Å². The fourth-order valence-electron chi connectivity index (χ4n) is 2.82. The van der Waals surface area contributed by atoms with Crippen molar-refractivity contribution in [2.24, 2.45) is 0 Å². The molecule has 0 aliphatic carbocycles. The second-order valence-corrected chi connectivity index (χ2v) is 6.99. The van der Waals surface area contributed by atoms with E-state index in [1.807, 2.05) is 6.92 Å². The van der Waals surface area contributed by atoms with E-state index in [9.17, 15) is 18.8 Å². The number of imide groups is 1. The summed E-state index contributed by atoms with van der Waals surface area (Å²) in [5, 5.41) is 3.87. The summed E-state index contributed by atoms with van der Waals surface area (Å²) in [5.41, 5.74) is 0.755. The van der Waals surface area contributed by atoms with Gasteiger partial charge in [-0.25, -0.2) is 9.18 Å². The number of allylic oxidation sites excluding steroid dienone is 1. The van der Waals surface area contributed by atoms with Gasteiger partial charge in [-0.2, -0.15) is 14.3 Å². The Morgan fingerprint density at radius 2 is 2.12 bits per heavy atom. The first-order chi connectivity index (χ1) is 12.5. The van der Waals surface area contributed by atoms with Crippen LogP contribution < -0.4 is 5.32 Å². The van der Waals surface area contributed by atoms with Gasteiger partial charge in [0.25, 0.3) is 5.91 Å². The molecule has 3 rings (SSSR count). The van der Waals surface area contributed by atoms with Crippen LogP contribution in [0.3, 0.4) is 0 Å². The topological polar surface area (TPSA) is 69.5 Å². The number of carbonyl (C=O) groups excluding carboxylic acids is 3. The van der Waals surface area contributed by atoms with Gasteiger partial charge in [-0.05, 0) is 24.0 Å². The fraction of sp³-hybridized carbons (Fsp3) is 0.333.